The van der Waals surface area contributed by atoms with E-state index < -0.39 is 0 Å². The van der Waals surface area contributed by atoms with Crippen molar-refractivity contribution < 1.29 is 0 Å². The molecule has 2 aromatic carbocycles. The van der Waals surface area contributed by atoms with Gasteiger partial charge in [-0.15, -0.1) is 0 Å². The first-order chi connectivity index (χ1) is 11.3. The Morgan fingerprint density at radius 2 is 1.67 bits per heavy atom. The molecule has 0 radical (unpaired) electrons. The monoisotopic (exact) mass is 321 g/mol. The zero-order valence-electron chi connectivity index (χ0n) is 14.9. The van der Waals surface area contributed by atoms with E-state index >= 15 is 0 Å². The number of fused-ring (bicyclic) bond motifs is 1. The second kappa shape index (κ2) is 5.78. The second-order valence-corrected chi connectivity index (χ2v) is 7.27. The van der Waals surface area contributed by atoms with E-state index in [1.54, 1.807) is 4.57 Å². The van der Waals surface area contributed by atoms with Gasteiger partial charge in [0.1, 0.15) is 5.82 Å². The molecule has 0 saturated carbocycles. The molecule has 3 rings (SSSR count). The molecule has 4 heteroatoms. The summed E-state index contributed by atoms with van der Waals surface area (Å²) >= 11 is 0. The Bertz CT molecular complexity index is 935. The van der Waals surface area contributed by atoms with Crippen molar-refractivity contribution in [3.05, 3.63) is 64.6 Å². The lowest BCUT2D eigenvalue weighted by Gasteiger charge is -2.22. The van der Waals surface area contributed by atoms with Crippen molar-refractivity contribution in [1.29, 1.82) is 0 Å². The summed E-state index contributed by atoms with van der Waals surface area (Å²) in [6.07, 6.45) is 0. The summed E-state index contributed by atoms with van der Waals surface area (Å²) < 4.78 is 1.69. The highest BCUT2D eigenvalue weighted by Crippen LogP contribution is 2.29. The van der Waals surface area contributed by atoms with Crippen LogP contribution in [0.2, 0.25) is 0 Å². The zero-order chi connectivity index (χ0) is 17.5. The molecule has 1 aromatic heterocycles. The molecule has 1 heterocycles. The Labute approximate surface area is 142 Å². The molecule has 0 bridgehead atoms. The quantitative estimate of drug-likeness (QED) is 0.721. The highest BCUT2D eigenvalue weighted by atomic mass is 16.1. The van der Waals surface area contributed by atoms with Gasteiger partial charge in [-0.3, -0.25) is 4.57 Å². The molecule has 0 unspecified atom stereocenters. The number of rotatable bonds is 2. The summed E-state index contributed by atoms with van der Waals surface area (Å²) in [5, 5.41) is 0.969. The summed E-state index contributed by atoms with van der Waals surface area (Å²) in [5.74, 6) is 0.697. The lowest BCUT2D eigenvalue weighted by Crippen LogP contribution is -2.26. The van der Waals surface area contributed by atoms with Gasteiger partial charge in [0.2, 0.25) is 0 Å². The standard InChI is InChI=1S/C20H23N3O/c1-20(2,3)14-11-12-16-17(13-14)23(15-9-7-6-8-10-15)19(24)21-18(16)22(4)5/h6-13H,1-5H3. The smallest absolute Gasteiger partial charge is 0.354 e. The molecule has 4 nitrogen and oxygen atoms in total. The van der Waals surface area contributed by atoms with Crippen LogP contribution in [0.25, 0.3) is 16.6 Å². The molecule has 24 heavy (non-hydrogen) atoms. The predicted molar refractivity (Wildman–Crippen MR) is 100 cm³/mol. The van der Waals surface area contributed by atoms with Crippen LogP contribution >= 0.6 is 0 Å². The van der Waals surface area contributed by atoms with E-state index in [-0.39, 0.29) is 11.1 Å². The SMILES string of the molecule is CN(C)c1nc(=O)n(-c2ccccc2)c2cc(C(C)(C)C)ccc12. The Morgan fingerprint density at radius 3 is 2.25 bits per heavy atom. The highest BCUT2D eigenvalue weighted by molar-refractivity contribution is 5.91. The van der Waals surface area contributed by atoms with E-state index in [9.17, 15) is 4.79 Å². The molecule has 0 aliphatic heterocycles. The highest BCUT2D eigenvalue weighted by Gasteiger charge is 2.18. The first-order valence-corrected chi connectivity index (χ1v) is 8.09. The number of hydrogen-bond acceptors (Lipinski definition) is 3. The Hall–Kier alpha value is -2.62. The topological polar surface area (TPSA) is 38.1 Å². The fourth-order valence-electron chi connectivity index (χ4n) is 2.84. The molecule has 124 valence electrons. The van der Waals surface area contributed by atoms with E-state index in [4.69, 9.17) is 0 Å². The number of anilines is 1. The number of nitrogens with zero attached hydrogens (tertiary/aromatic N) is 3. The third kappa shape index (κ3) is 2.80. The minimum Gasteiger partial charge on any atom is -0.362 e. The maximum Gasteiger partial charge on any atom is 0.354 e. The van der Waals surface area contributed by atoms with Crippen LogP contribution in [0.3, 0.4) is 0 Å². The van der Waals surface area contributed by atoms with Gasteiger partial charge >= 0.3 is 5.69 Å². The van der Waals surface area contributed by atoms with Gasteiger partial charge in [-0.05, 0) is 35.2 Å². The van der Waals surface area contributed by atoms with E-state index in [1.165, 1.54) is 5.56 Å². The summed E-state index contributed by atoms with van der Waals surface area (Å²) in [6.45, 7) is 6.52. The lowest BCUT2D eigenvalue weighted by atomic mass is 9.86. The largest absolute Gasteiger partial charge is 0.362 e. The van der Waals surface area contributed by atoms with Crippen molar-refractivity contribution in [2.45, 2.75) is 26.2 Å². The summed E-state index contributed by atoms with van der Waals surface area (Å²) in [4.78, 5) is 18.9. The average molecular weight is 321 g/mol. The van der Waals surface area contributed by atoms with Gasteiger partial charge in [-0.25, -0.2) is 4.79 Å². The van der Waals surface area contributed by atoms with Crippen molar-refractivity contribution in [3.8, 4) is 5.69 Å². The maximum absolute atomic E-state index is 12.7. The lowest BCUT2D eigenvalue weighted by molar-refractivity contribution is 0.590. The third-order valence-electron chi connectivity index (χ3n) is 4.18. The molecule has 0 aliphatic carbocycles. The van der Waals surface area contributed by atoms with Gasteiger partial charge in [0, 0.05) is 19.5 Å². The number of hydrogen-bond donors (Lipinski definition) is 0. The molecule has 0 aliphatic rings. The number of para-hydroxylation sites is 1. The van der Waals surface area contributed by atoms with Crippen LogP contribution in [0.1, 0.15) is 26.3 Å². The minimum absolute atomic E-state index is 0.00725. The fourth-order valence-corrected chi connectivity index (χ4v) is 2.84. The van der Waals surface area contributed by atoms with Crippen molar-refractivity contribution in [2.75, 3.05) is 19.0 Å². The number of benzene rings is 2. The molecular formula is C20H23N3O. The van der Waals surface area contributed by atoms with Gasteiger partial charge in [0.25, 0.3) is 0 Å². The molecule has 0 fully saturated rings. The van der Waals surface area contributed by atoms with Gasteiger partial charge in [0.05, 0.1) is 11.2 Å². The molecule has 0 spiro atoms. The first kappa shape index (κ1) is 16.2. The van der Waals surface area contributed by atoms with E-state index in [0.717, 1.165) is 16.6 Å². The Kier molecular flexibility index (Phi) is 3.91. The van der Waals surface area contributed by atoms with Crippen LogP contribution in [-0.2, 0) is 5.41 Å². The second-order valence-electron chi connectivity index (χ2n) is 7.27. The predicted octanol–water partition coefficient (Wildman–Crippen LogP) is 3.75. The molecule has 0 saturated heterocycles. The summed E-state index contributed by atoms with van der Waals surface area (Å²) in [5.41, 5.74) is 2.65. The van der Waals surface area contributed by atoms with Gasteiger partial charge in [-0.1, -0.05) is 45.0 Å². The normalized spacial score (nSPS) is 11.7. The van der Waals surface area contributed by atoms with Crippen molar-refractivity contribution in [2.24, 2.45) is 0 Å². The fraction of sp³-hybridized carbons (Fsp3) is 0.300. The summed E-state index contributed by atoms with van der Waals surface area (Å²) in [7, 11) is 3.82. The van der Waals surface area contributed by atoms with Gasteiger partial charge in [0.15, 0.2) is 0 Å². The molecule has 3 aromatic rings. The van der Waals surface area contributed by atoms with Crippen LogP contribution in [0.5, 0.6) is 0 Å². The summed E-state index contributed by atoms with van der Waals surface area (Å²) in [6, 6.07) is 16.0. The Balaban J connectivity index is 2.44. The van der Waals surface area contributed by atoms with Gasteiger partial charge in [-0.2, -0.15) is 4.98 Å². The van der Waals surface area contributed by atoms with E-state index in [2.05, 4.69) is 44.0 Å². The van der Waals surface area contributed by atoms with Crippen molar-refractivity contribution in [1.82, 2.24) is 9.55 Å². The number of aromatic nitrogens is 2. The molecule has 0 amide bonds. The minimum atomic E-state index is -0.261. The van der Waals surface area contributed by atoms with Crippen LogP contribution in [-0.4, -0.2) is 23.6 Å². The molecule has 0 atom stereocenters. The Morgan fingerprint density at radius 1 is 1.00 bits per heavy atom. The van der Waals surface area contributed by atoms with Crippen molar-refractivity contribution in [3.63, 3.8) is 0 Å². The van der Waals surface area contributed by atoms with Crippen LogP contribution in [0, 0.1) is 0 Å². The van der Waals surface area contributed by atoms with Crippen LogP contribution in [0.15, 0.2) is 53.3 Å². The third-order valence-corrected chi connectivity index (χ3v) is 4.18. The zero-order valence-corrected chi connectivity index (χ0v) is 14.9. The molecular weight excluding hydrogens is 298 g/mol. The van der Waals surface area contributed by atoms with Crippen LogP contribution in [0.4, 0.5) is 5.82 Å². The average Bonchev–Trinajstić information content (AvgIpc) is 2.53. The van der Waals surface area contributed by atoms with E-state index in [1.807, 2.05) is 49.3 Å². The first-order valence-electron chi connectivity index (χ1n) is 8.09. The van der Waals surface area contributed by atoms with Crippen molar-refractivity contribution >= 4 is 16.7 Å². The van der Waals surface area contributed by atoms with Crippen LogP contribution < -0.4 is 10.6 Å². The molecule has 0 N–H and O–H groups in total. The van der Waals surface area contributed by atoms with Gasteiger partial charge < -0.3 is 4.90 Å². The van der Waals surface area contributed by atoms with E-state index in [0.29, 0.717) is 5.82 Å². The maximum atomic E-state index is 12.7.